The first-order valence-corrected chi connectivity index (χ1v) is 7.02. The molecule has 0 aromatic carbocycles. The quantitative estimate of drug-likeness (QED) is 0.565. The maximum absolute atomic E-state index is 5.56. The minimum atomic E-state index is 0.704. The Morgan fingerprint density at radius 3 is 2.53 bits per heavy atom. The van der Waals surface area contributed by atoms with Gasteiger partial charge in [0.15, 0.2) is 0 Å². The SMILES string of the molecule is COCCOCCC(CNC1CC1)CC(C)C. The fourth-order valence-electron chi connectivity index (χ4n) is 2.09. The van der Waals surface area contributed by atoms with E-state index >= 15 is 0 Å². The van der Waals surface area contributed by atoms with Crippen LogP contribution in [-0.4, -0.2) is 39.5 Å². The van der Waals surface area contributed by atoms with Crippen molar-refractivity contribution in [3.63, 3.8) is 0 Å². The van der Waals surface area contributed by atoms with Crippen molar-refractivity contribution in [1.29, 1.82) is 0 Å². The second-order valence-corrected chi connectivity index (χ2v) is 5.57. The van der Waals surface area contributed by atoms with Gasteiger partial charge in [-0.1, -0.05) is 13.8 Å². The topological polar surface area (TPSA) is 30.5 Å². The smallest absolute Gasteiger partial charge is 0.0700 e. The first kappa shape index (κ1) is 14.9. The highest BCUT2D eigenvalue weighted by molar-refractivity contribution is 4.82. The van der Waals surface area contributed by atoms with Crippen LogP contribution in [0.25, 0.3) is 0 Å². The Kier molecular flexibility index (Phi) is 7.82. The standard InChI is InChI=1S/C14H29NO2/c1-12(2)10-13(11-15-14-4-5-14)6-7-17-9-8-16-3/h12-15H,4-11H2,1-3H3. The van der Waals surface area contributed by atoms with E-state index in [-0.39, 0.29) is 0 Å². The van der Waals surface area contributed by atoms with Gasteiger partial charge in [-0.15, -0.1) is 0 Å². The summed E-state index contributed by atoms with van der Waals surface area (Å²) in [7, 11) is 1.71. The van der Waals surface area contributed by atoms with Gasteiger partial charge in [-0.3, -0.25) is 0 Å². The van der Waals surface area contributed by atoms with Gasteiger partial charge in [0, 0.05) is 19.8 Å². The molecule has 3 heteroatoms. The van der Waals surface area contributed by atoms with Gasteiger partial charge in [0.1, 0.15) is 0 Å². The van der Waals surface area contributed by atoms with Gasteiger partial charge in [-0.25, -0.2) is 0 Å². The van der Waals surface area contributed by atoms with Crippen molar-refractivity contribution < 1.29 is 9.47 Å². The molecule has 0 spiro atoms. The molecule has 0 saturated heterocycles. The molecule has 0 amide bonds. The lowest BCUT2D eigenvalue weighted by Gasteiger charge is -2.19. The molecular formula is C14H29NO2. The van der Waals surface area contributed by atoms with E-state index < -0.39 is 0 Å². The third-order valence-electron chi connectivity index (χ3n) is 3.18. The number of hydrogen-bond donors (Lipinski definition) is 1. The highest BCUT2D eigenvalue weighted by Gasteiger charge is 2.22. The molecule has 0 bridgehead atoms. The molecule has 1 rings (SSSR count). The molecule has 102 valence electrons. The molecule has 1 atom stereocenters. The molecule has 0 heterocycles. The molecule has 1 aliphatic rings. The summed E-state index contributed by atoms with van der Waals surface area (Å²) in [6.45, 7) is 8.06. The third-order valence-corrected chi connectivity index (χ3v) is 3.18. The fourth-order valence-corrected chi connectivity index (χ4v) is 2.09. The summed E-state index contributed by atoms with van der Waals surface area (Å²) in [5.74, 6) is 1.54. The predicted octanol–water partition coefficient (Wildman–Crippen LogP) is 2.45. The van der Waals surface area contributed by atoms with Crippen molar-refractivity contribution in [2.75, 3.05) is 33.5 Å². The summed E-state index contributed by atoms with van der Waals surface area (Å²) in [6, 6.07) is 0.819. The summed E-state index contributed by atoms with van der Waals surface area (Å²) in [6.07, 6.45) is 5.21. The second-order valence-electron chi connectivity index (χ2n) is 5.57. The van der Waals surface area contributed by atoms with Crippen LogP contribution in [0.3, 0.4) is 0 Å². The lowest BCUT2D eigenvalue weighted by atomic mass is 9.94. The Labute approximate surface area is 106 Å². The molecule has 17 heavy (non-hydrogen) atoms. The molecule has 0 aliphatic heterocycles. The number of rotatable bonds is 11. The van der Waals surface area contributed by atoms with Crippen molar-refractivity contribution >= 4 is 0 Å². The van der Waals surface area contributed by atoms with Crippen LogP contribution >= 0.6 is 0 Å². The van der Waals surface area contributed by atoms with E-state index in [1.54, 1.807) is 7.11 Å². The molecule has 1 aliphatic carbocycles. The average molecular weight is 243 g/mol. The Morgan fingerprint density at radius 1 is 1.18 bits per heavy atom. The molecule has 3 nitrogen and oxygen atoms in total. The summed E-state index contributed by atoms with van der Waals surface area (Å²) in [5, 5.41) is 3.63. The summed E-state index contributed by atoms with van der Waals surface area (Å²) < 4.78 is 10.5. The van der Waals surface area contributed by atoms with Crippen LogP contribution < -0.4 is 5.32 Å². The monoisotopic (exact) mass is 243 g/mol. The molecule has 1 N–H and O–H groups in total. The Balaban J connectivity index is 2.05. The van der Waals surface area contributed by atoms with Crippen LogP contribution in [0.2, 0.25) is 0 Å². The van der Waals surface area contributed by atoms with E-state index in [1.807, 2.05) is 0 Å². The van der Waals surface area contributed by atoms with Crippen molar-refractivity contribution in [2.24, 2.45) is 11.8 Å². The largest absolute Gasteiger partial charge is 0.382 e. The highest BCUT2D eigenvalue weighted by Crippen LogP contribution is 2.21. The van der Waals surface area contributed by atoms with E-state index in [9.17, 15) is 0 Å². The molecule has 1 unspecified atom stereocenters. The van der Waals surface area contributed by atoms with E-state index in [1.165, 1.54) is 25.7 Å². The Morgan fingerprint density at radius 2 is 1.94 bits per heavy atom. The normalized spacial score (nSPS) is 17.6. The van der Waals surface area contributed by atoms with Gasteiger partial charge in [0.25, 0.3) is 0 Å². The molecule has 0 radical (unpaired) electrons. The van der Waals surface area contributed by atoms with Crippen molar-refractivity contribution in [3.05, 3.63) is 0 Å². The van der Waals surface area contributed by atoms with Crippen molar-refractivity contribution in [1.82, 2.24) is 5.32 Å². The van der Waals surface area contributed by atoms with Crippen LogP contribution in [0.1, 0.15) is 39.5 Å². The first-order valence-electron chi connectivity index (χ1n) is 7.02. The fraction of sp³-hybridized carbons (Fsp3) is 1.00. The van der Waals surface area contributed by atoms with Gasteiger partial charge < -0.3 is 14.8 Å². The van der Waals surface area contributed by atoms with Gasteiger partial charge in [-0.05, 0) is 44.1 Å². The van der Waals surface area contributed by atoms with E-state index in [4.69, 9.17) is 9.47 Å². The van der Waals surface area contributed by atoms with Crippen LogP contribution in [-0.2, 0) is 9.47 Å². The Hall–Kier alpha value is -0.120. The third kappa shape index (κ3) is 8.58. The molecule has 0 aromatic rings. The van der Waals surface area contributed by atoms with Gasteiger partial charge in [0.2, 0.25) is 0 Å². The zero-order valence-corrected chi connectivity index (χ0v) is 11.7. The first-order chi connectivity index (χ1) is 8.22. The molecular weight excluding hydrogens is 214 g/mol. The molecule has 0 aromatic heterocycles. The lowest BCUT2D eigenvalue weighted by molar-refractivity contribution is 0.0623. The van der Waals surface area contributed by atoms with Crippen molar-refractivity contribution in [3.8, 4) is 0 Å². The summed E-state index contributed by atoms with van der Waals surface area (Å²) in [4.78, 5) is 0. The zero-order valence-electron chi connectivity index (χ0n) is 11.7. The van der Waals surface area contributed by atoms with Crippen molar-refractivity contribution in [2.45, 2.75) is 45.6 Å². The van der Waals surface area contributed by atoms with Gasteiger partial charge in [0.05, 0.1) is 13.2 Å². The van der Waals surface area contributed by atoms with Crippen LogP contribution in [0.5, 0.6) is 0 Å². The van der Waals surface area contributed by atoms with Crippen LogP contribution in [0.4, 0.5) is 0 Å². The zero-order chi connectivity index (χ0) is 12.5. The second kappa shape index (κ2) is 8.90. The number of methoxy groups -OCH3 is 1. The van der Waals surface area contributed by atoms with Gasteiger partial charge in [-0.2, -0.15) is 0 Å². The van der Waals surface area contributed by atoms with E-state index in [0.717, 1.165) is 37.6 Å². The number of nitrogens with one attached hydrogen (secondary N) is 1. The van der Waals surface area contributed by atoms with Crippen LogP contribution in [0, 0.1) is 11.8 Å². The van der Waals surface area contributed by atoms with E-state index in [0.29, 0.717) is 6.61 Å². The maximum Gasteiger partial charge on any atom is 0.0700 e. The highest BCUT2D eigenvalue weighted by atomic mass is 16.5. The number of hydrogen-bond acceptors (Lipinski definition) is 3. The lowest BCUT2D eigenvalue weighted by Crippen LogP contribution is -2.26. The molecule has 1 saturated carbocycles. The summed E-state index contributed by atoms with van der Waals surface area (Å²) in [5.41, 5.74) is 0. The van der Waals surface area contributed by atoms with Crippen LogP contribution in [0.15, 0.2) is 0 Å². The Bertz CT molecular complexity index is 181. The minimum absolute atomic E-state index is 0.704. The molecule has 1 fully saturated rings. The van der Waals surface area contributed by atoms with Gasteiger partial charge >= 0.3 is 0 Å². The maximum atomic E-state index is 5.56. The summed E-state index contributed by atoms with van der Waals surface area (Å²) >= 11 is 0. The van der Waals surface area contributed by atoms with E-state index in [2.05, 4.69) is 19.2 Å². The average Bonchev–Trinajstić information content (AvgIpc) is 3.08. The number of ether oxygens (including phenoxy) is 2. The predicted molar refractivity (Wildman–Crippen MR) is 71.3 cm³/mol. The minimum Gasteiger partial charge on any atom is -0.382 e.